The van der Waals surface area contributed by atoms with Crippen LogP contribution in [0.25, 0.3) is 0 Å². The summed E-state index contributed by atoms with van der Waals surface area (Å²) >= 11 is 0. The average molecular weight is 367 g/mol. The maximum atomic E-state index is 13.6. The summed E-state index contributed by atoms with van der Waals surface area (Å²) in [6.45, 7) is 2.44. The first-order valence-corrected chi connectivity index (χ1v) is 11.1. The lowest BCUT2D eigenvalue weighted by molar-refractivity contribution is -0.157. The maximum Gasteiger partial charge on any atom is 0.226 e. The highest BCUT2D eigenvalue weighted by Crippen LogP contribution is 2.67. The zero-order chi connectivity index (χ0) is 18.6. The smallest absolute Gasteiger partial charge is 0.226 e. The van der Waals surface area contributed by atoms with Gasteiger partial charge in [-0.1, -0.05) is 37.3 Å². The second kappa shape index (κ2) is 6.34. The zero-order valence-electron chi connectivity index (χ0n) is 16.6. The van der Waals surface area contributed by atoms with Crippen molar-refractivity contribution >= 4 is 5.91 Å². The Bertz CT molecular complexity index is 690. The summed E-state index contributed by atoms with van der Waals surface area (Å²) in [6, 6.07) is 11.8. The van der Waals surface area contributed by atoms with Gasteiger partial charge in [-0.05, 0) is 86.5 Å². The van der Waals surface area contributed by atoms with Gasteiger partial charge in [-0.15, -0.1) is 0 Å². The van der Waals surface area contributed by atoms with Crippen LogP contribution in [0.2, 0.25) is 0 Å². The van der Waals surface area contributed by atoms with Gasteiger partial charge in [-0.3, -0.25) is 4.79 Å². The van der Waals surface area contributed by atoms with Gasteiger partial charge in [0.05, 0.1) is 5.41 Å². The van der Waals surface area contributed by atoms with Gasteiger partial charge in [0, 0.05) is 12.1 Å². The van der Waals surface area contributed by atoms with Crippen molar-refractivity contribution in [3.05, 3.63) is 35.9 Å². The minimum Gasteiger partial charge on any atom is -0.353 e. The molecule has 27 heavy (non-hydrogen) atoms. The molecule has 1 aromatic carbocycles. The quantitative estimate of drug-likeness (QED) is 0.844. The van der Waals surface area contributed by atoms with Crippen molar-refractivity contribution in [2.24, 2.45) is 28.9 Å². The van der Waals surface area contributed by atoms with E-state index in [9.17, 15) is 4.79 Å². The summed E-state index contributed by atoms with van der Waals surface area (Å²) in [5.41, 5.74) is 7.63. The van der Waals surface area contributed by atoms with Gasteiger partial charge < -0.3 is 11.1 Å². The number of carbonyl (C=O) groups excluding carboxylic acids is 1. The highest BCUT2D eigenvalue weighted by Gasteiger charge is 2.63. The van der Waals surface area contributed by atoms with Crippen LogP contribution < -0.4 is 11.1 Å². The number of hydrogen-bond donors (Lipinski definition) is 2. The molecule has 6 rings (SSSR count). The van der Waals surface area contributed by atoms with Crippen molar-refractivity contribution < 1.29 is 4.79 Å². The molecule has 1 amide bonds. The molecule has 5 saturated carbocycles. The zero-order valence-corrected chi connectivity index (χ0v) is 16.6. The van der Waals surface area contributed by atoms with Gasteiger partial charge in [0.25, 0.3) is 0 Å². The van der Waals surface area contributed by atoms with Gasteiger partial charge in [0.2, 0.25) is 5.91 Å². The van der Waals surface area contributed by atoms with Crippen molar-refractivity contribution in [3.63, 3.8) is 0 Å². The molecular weight excluding hydrogens is 332 g/mol. The topological polar surface area (TPSA) is 55.1 Å². The Kier molecular flexibility index (Phi) is 4.16. The Hall–Kier alpha value is -1.35. The number of nitrogens with one attached hydrogen (secondary N) is 1. The highest BCUT2D eigenvalue weighted by atomic mass is 16.2. The number of carbonyl (C=O) groups is 1. The Balaban J connectivity index is 1.41. The summed E-state index contributed by atoms with van der Waals surface area (Å²) in [5.74, 6) is 2.55. The van der Waals surface area contributed by atoms with Crippen LogP contribution in [0.1, 0.15) is 70.3 Å². The van der Waals surface area contributed by atoms with Gasteiger partial charge in [0.15, 0.2) is 0 Å². The third kappa shape index (κ3) is 2.85. The molecule has 0 aromatic heterocycles. The molecule has 3 N–H and O–H groups in total. The third-order valence-electron chi connectivity index (χ3n) is 8.75. The highest BCUT2D eigenvalue weighted by molar-refractivity contribution is 5.84. The van der Waals surface area contributed by atoms with E-state index in [0.29, 0.717) is 29.8 Å². The van der Waals surface area contributed by atoms with Crippen LogP contribution in [0, 0.1) is 23.2 Å². The molecule has 4 bridgehead atoms. The van der Waals surface area contributed by atoms with Gasteiger partial charge in [-0.25, -0.2) is 0 Å². The second-order valence-corrected chi connectivity index (χ2v) is 10.4. The largest absolute Gasteiger partial charge is 0.353 e. The summed E-state index contributed by atoms with van der Waals surface area (Å²) in [6.07, 6.45) is 10.0. The fourth-order valence-electron chi connectivity index (χ4n) is 7.38. The van der Waals surface area contributed by atoms with E-state index >= 15 is 0 Å². The number of nitrogens with two attached hydrogens (primary N) is 1. The Labute approximate surface area is 163 Å². The molecule has 146 valence electrons. The molecule has 0 heterocycles. The van der Waals surface area contributed by atoms with Crippen molar-refractivity contribution in [1.29, 1.82) is 0 Å². The molecule has 3 heteroatoms. The first kappa shape index (κ1) is 17.7. The fourth-order valence-corrected chi connectivity index (χ4v) is 7.38. The standard InChI is InChI=1S/C24H34N2O/c1-16-17-11-23(19-5-3-2-4-6-19)12-18(16)14-24(13-17,15-23)22(27)26-21-9-7-20(25)8-10-21/h2-6,16-18,20-21H,7-15,25H2,1H3,(H,26,27)/t16?,17?,18?,20-,21-,23?,24?. The van der Waals surface area contributed by atoms with E-state index in [2.05, 4.69) is 42.6 Å². The van der Waals surface area contributed by atoms with E-state index in [-0.39, 0.29) is 10.8 Å². The first-order chi connectivity index (χ1) is 13.0. The maximum absolute atomic E-state index is 13.6. The molecule has 5 aliphatic rings. The molecule has 1 aromatic rings. The number of benzene rings is 1. The lowest BCUT2D eigenvalue weighted by Gasteiger charge is -2.64. The molecule has 5 fully saturated rings. The number of hydrogen-bond acceptors (Lipinski definition) is 2. The number of rotatable bonds is 3. The Morgan fingerprint density at radius 2 is 1.63 bits per heavy atom. The molecule has 0 spiro atoms. The van der Waals surface area contributed by atoms with Crippen LogP contribution >= 0.6 is 0 Å². The van der Waals surface area contributed by atoms with Crippen LogP contribution in [0.3, 0.4) is 0 Å². The average Bonchev–Trinajstić information content (AvgIpc) is 2.68. The van der Waals surface area contributed by atoms with Crippen LogP contribution in [-0.4, -0.2) is 18.0 Å². The predicted molar refractivity (Wildman–Crippen MR) is 108 cm³/mol. The minimum atomic E-state index is -0.131. The van der Waals surface area contributed by atoms with Crippen LogP contribution in [0.4, 0.5) is 0 Å². The Morgan fingerprint density at radius 1 is 1.00 bits per heavy atom. The normalized spacial score (nSPS) is 45.6. The summed E-state index contributed by atoms with van der Waals surface area (Å²) in [4.78, 5) is 13.6. The van der Waals surface area contributed by atoms with Crippen molar-refractivity contribution in [1.82, 2.24) is 5.32 Å². The molecule has 2 atom stereocenters. The second-order valence-electron chi connectivity index (χ2n) is 10.4. The van der Waals surface area contributed by atoms with Gasteiger partial charge >= 0.3 is 0 Å². The van der Waals surface area contributed by atoms with Gasteiger partial charge in [-0.2, -0.15) is 0 Å². The summed E-state index contributed by atoms with van der Waals surface area (Å²) in [5, 5.41) is 3.49. The SMILES string of the molecule is CC1C2CC3(C(=O)N[C@H]4CC[C@H](N)CC4)CC1CC(c1ccccc1)(C2)C3. The van der Waals surface area contributed by atoms with Crippen LogP contribution in [0.5, 0.6) is 0 Å². The number of amides is 1. The van der Waals surface area contributed by atoms with Crippen molar-refractivity contribution in [2.75, 3.05) is 0 Å². The summed E-state index contributed by atoms with van der Waals surface area (Å²) in [7, 11) is 0. The monoisotopic (exact) mass is 366 g/mol. The minimum absolute atomic E-state index is 0.131. The van der Waals surface area contributed by atoms with E-state index in [1.807, 2.05) is 0 Å². The van der Waals surface area contributed by atoms with E-state index in [4.69, 9.17) is 5.73 Å². The fraction of sp³-hybridized carbons (Fsp3) is 0.708. The molecule has 5 aliphatic carbocycles. The first-order valence-electron chi connectivity index (χ1n) is 11.1. The van der Waals surface area contributed by atoms with Gasteiger partial charge in [0.1, 0.15) is 0 Å². The molecule has 0 saturated heterocycles. The van der Waals surface area contributed by atoms with Crippen molar-refractivity contribution in [3.8, 4) is 0 Å². The predicted octanol–water partition coefficient (Wildman–Crippen LogP) is 4.16. The van der Waals surface area contributed by atoms with E-state index in [0.717, 1.165) is 50.9 Å². The van der Waals surface area contributed by atoms with E-state index in [1.165, 1.54) is 18.4 Å². The van der Waals surface area contributed by atoms with E-state index < -0.39 is 0 Å². The molecule has 3 nitrogen and oxygen atoms in total. The molecule has 2 unspecified atom stereocenters. The molecule has 0 aliphatic heterocycles. The molecular formula is C24H34N2O. The lowest BCUT2D eigenvalue weighted by Crippen LogP contribution is -2.62. The van der Waals surface area contributed by atoms with Crippen LogP contribution in [0.15, 0.2) is 30.3 Å². The third-order valence-corrected chi connectivity index (χ3v) is 8.75. The molecule has 0 radical (unpaired) electrons. The Morgan fingerprint density at radius 3 is 2.26 bits per heavy atom. The van der Waals surface area contributed by atoms with E-state index in [1.54, 1.807) is 0 Å². The van der Waals surface area contributed by atoms with Crippen LogP contribution in [-0.2, 0) is 10.2 Å². The summed E-state index contributed by atoms with van der Waals surface area (Å²) < 4.78 is 0. The van der Waals surface area contributed by atoms with Crippen molar-refractivity contribution in [2.45, 2.75) is 82.2 Å². The lowest BCUT2D eigenvalue weighted by atomic mass is 9.40.